The van der Waals surface area contributed by atoms with E-state index >= 15 is 0 Å². The van der Waals surface area contributed by atoms with E-state index in [2.05, 4.69) is 33.9 Å². The summed E-state index contributed by atoms with van der Waals surface area (Å²) in [6.45, 7) is 15.6. The zero-order valence-electron chi connectivity index (χ0n) is 17.5. The number of hydrogen-bond donors (Lipinski definition) is 0. The minimum atomic E-state index is -0.274. The molecule has 3 saturated carbocycles. The van der Waals surface area contributed by atoms with Crippen LogP contribution in [0.1, 0.15) is 79.1 Å². The first-order valence-electron chi connectivity index (χ1n) is 10.3. The smallest absolute Gasteiger partial charge is 0.333 e. The molecule has 0 unspecified atom stereocenters. The van der Waals surface area contributed by atoms with Gasteiger partial charge in [-0.05, 0) is 63.2 Å². The largest absolute Gasteiger partial charge is 0.459 e. The van der Waals surface area contributed by atoms with E-state index in [1.54, 1.807) is 6.92 Å². The molecule has 0 spiro atoms. The highest BCUT2D eigenvalue weighted by Gasteiger charge is 2.62. The van der Waals surface area contributed by atoms with Crippen LogP contribution < -0.4 is 0 Å². The molecule has 27 heavy (non-hydrogen) atoms. The Hall–Kier alpha value is -1.58. The fourth-order valence-corrected chi connectivity index (χ4v) is 4.93. The maximum atomic E-state index is 11.3. The standard InChI is InChI=1S/C13H20O2.C10H16O2/c1-5-11(14)15-10-8-9-6-7-13(10,4)12(9,2)3;1-8(2)10(11)12-9-6-4-3-5-7-9/h5,9-10H,1,6-8H2,2-4H3;9H,1,3-7H2,2H3/t9-,10-,13+;/m0./s1. The van der Waals surface area contributed by atoms with E-state index in [9.17, 15) is 9.59 Å². The molecule has 4 nitrogen and oxygen atoms in total. The van der Waals surface area contributed by atoms with Crippen molar-refractivity contribution >= 4 is 11.9 Å². The van der Waals surface area contributed by atoms with Gasteiger partial charge in [0.05, 0.1) is 0 Å². The fourth-order valence-electron chi connectivity index (χ4n) is 4.93. The van der Waals surface area contributed by atoms with E-state index in [1.165, 1.54) is 38.2 Å². The maximum Gasteiger partial charge on any atom is 0.333 e. The Morgan fingerprint density at radius 3 is 2.11 bits per heavy atom. The van der Waals surface area contributed by atoms with Crippen molar-refractivity contribution < 1.29 is 19.1 Å². The second-order valence-electron chi connectivity index (χ2n) is 9.19. The zero-order valence-corrected chi connectivity index (χ0v) is 17.5. The van der Waals surface area contributed by atoms with Crippen molar-refractivity contribution in [3.05, 3.63) is 24.8 Å². The SMILES string of the molecule is C=C(C)C(=O)OC1CCCCC1.C=CC(=O)O[C@H]1C[C@@H]2CC[C@@]1(C)C2(C)C. The summed E-state index contributed by atoms with van der Waals surface area (Å²) < 4.78 is 10.7. The fraction of sp³-hybridized carbons (Fsp3) is 0.739. The van der Waals surface area contributed by atoms with Crippen LogP contribution in [0.5, 0.6) is 0 Å². The molecule has 0 aromatic rings. The predicted molar refractivity (Wildman–Crippen MR) is 107 cm³/mol. The molecule has 3 aliphatic carbocycles. The number of ether oxygens (including phenoxy) is 2. The van der Waals surface area contributed by atoms with Crippen molar-refractivity contribution in [2.75, 3.05) is 0 Å². The van der Waals surface area contributed by atoms with Gasteiger partial charge in [-0.15, -0.1) is 0 Å². The van der Waals surface area contributed by atoms with E-state index < -0.39 is 0 Å². The van der Waals surface area contributed by atoms with Crippen LogP contribution in [-0.4, -0.2) is 24.1 Å². The highest BCUT2D eigenvalue weighted by molar-refractivity contribution is 5.87. The Morgan fingerprint density at radius 1 is 1.04 bits per heavy atom. The van der Waals surface area contributed by atoms with Crippen LogP contribution in [0.25, 0.3) is 0 Å². The van der Waals surface area contributed by atoms with Gasteiger partial charge >= 0.3 is 11.9 Å². The molecular formula is C23H36O4. The topological polar surface area (TPSA) is 52.6 Å². The Labute approximate surface area is 164 Å². The van der Waals surface area contributed by atoms with Crippen molar-refractivity contribution in [3.8, 4) is 0 Å². The number of fused-ring (bicyclic) bond motifs is 2. The summed E-state index contributed by atoms with van der Waals surface area (Å²) in [6, 6.07) is 0. The van der Waals surface area contributed by atoms with Gasteiger partial charge < -0.3 is 9.47 Å². The molecular weight excluding hydrogens is 340 g/mol. The highest BCUT2D eigenvalue weighted by Crippen LogP contribution is 2.66. The van der Waals surface area contributed by atoms with Gasteiger partial charge in [-0.2, -0.15) is 0 Å². The molecule has 0 saturated heterocycles. The Morgan fingerprint density at radius 2 is 1.67 bits per heavy atom. The molecule has 0 N–H and O–H groups in total. The quantitative estimate of drug-likeness (QED) is 0.489. The monoisotopic (exact) mass is 376 g/mol. The van der Waals surface area contributed by atoms with Gasteiger partial charge in [0.2, 0.25) is 0 Å². The van der Waals surface area contributed by atoms with Crippen LogP contribution in [0.4, 0.5) is 0 Å². The Kier molecular flexibility index (Phi) is 6.93. The van der Waals surface area contributed by atoms with Crippen molar-refractivity contribution in [3.63, 3.8) is 0 Å². The normalized spacial score (nSPS) is 31.4. The third-order valence-electron chi connectivity index (χ3n) is 7.31. The third kappa shape index (κ3) is 4.64. The molecule has 0 heterocycles. The summed E-state index contributed by atoms with van der Waals surface area (Å²) in [5.41, 5.74) is 0.968. The molecule has 0 aromatic carbocycles. The van der Waals surface area contributed by atoms with Crippen LogP contribution >= 0.6 is 0 Å². The lowest BCUT2D eigenvalue weighted by Crippen LogP contribution is -2.38. The average molecular weight is 377 g/mol. The van der Waals surface area contributed by atoms with Crippen molar-refractivity contribution in [2.45, 2.75) is 91.3 Å². The lowest BCUT2D eigenvalue weighted by atomic mass is 9.70. The van der Waals surface area contributed by atoms with E-state index in [1.807, 2.05) is 0 Å². The van der Waals surface area contributed by atoms with Gasteiger partial charge in [-0.25, -0.2) is 9.59 Å². The Balaban J connectivity index is 0.000000199. The molecule has 152 valence electrons. The summed E-state index contributed by atoms with van der Waals surface area (Å²) in [7, 11) is 0. The summed E-state index contributed by atoms with van der Waals surface area (Å²) in [4.78, 5) is 22.3. The van der Waals surface area contributed by atoms with Crippen LogP contribution in [0.15, 0.2) is 24.8 Å². The minimum Gasteiger partial charge on any atom is -0.459 e. The highest BCUT2D eigenvalue weighted by atomic mass is 16.5. The zero-order chi connectivity index (χ0) is 20.2. The second-order valence-corrected chi connectivity index (χ2v) is 9.19. The minimum absolute atomic E-state index is 0.0942. The van der Waals surface area contributed by atoms with Crippen LogP contribution in [0, 0.1) is 16.7 Å². The van der Waals surface area contributed by atoms with Gasteiger partial charge in [-0.1, -0.05) is 40.3 Å². The summed E-state index contributed by atoms with van der Waals surface area (Å²) in [5, 5.41) is 0. The average Bonchev–Trinajstić information content (AvgIpc) is 2.96. The molecule has 0 aromatic heterocycles. The molecule has 4 heteroatoms. The van der Waals surface area contributed by atoms with Crippen molar-refractivity contribution in [1.82, 2.24) is 0 Å². The summed E-state index contributed by atoms with van der Waals surface area (Å²) >= 11 is 0. The molecule has 3 aliphatic rings. The molecule has 0 aliphatic heterocycles. The lowest BCUT2D eigenvalue weighted by Gasteiger charge is -2.38. The molecule has 3 atom stereocenters. The first-order chi connectivity index (χ1) is 12.6. The lowest BCUT2D eigenvalue weighted by molar-refractivity contribution is -0.150. The first-order valence-corrected chi connectivity index (χ1v) is 10.3. The van der Waals surface area contributed by atoms with Crippen LogP contribution in [-0.2, 0) is 19.1 Å². The van der Waals surface area contributed by atoms with Crippen LogP contribution in [0.3, 0.4) is 0 Å². The third-order valence-corrected chi connectivity index (χ3v) is 7.31. The number of esters is 2. The number of carbonyl (C=O) groups excluding carboxylic acids is 2. The van der Waals surface area contributed by atoms with Gasteiger partial charge in [0.15, 0.2) is 0 Å². The summed E-state index contributed by atoms with van der Waals surface area (Å²) in [6.07, 6.45) is 10.7. The van der Waals surface area contributed by atoms with Gasteiger partial charge in [0, 0.05) is 17.1 Å². The number of carbonyl (C=O) groups is 2. The first kappa shape index (κ1) is 21.7. The van der Waals surface area contributed by atoms with Crippen molar-refractivity contribution in [2.24, 2.45) is 16.7 Å². The van der Waals surface area contributed by atoms with E-state index in [-0.39, 0.29) is 29.6 Å². The molecule has 3 fully saturated rings. The van der Waals surface area contributed by atoms with E-state index in [0.717, 1.165) is 19.3 Å². The Bertz CT molecular complexity index is 585. The van der Waals surface area contributed by atoms with E-state index in [4.69, 9.17) is 9.47 Å². The summed E-state index contributed by atoms with van der Waals surface area (Å²) in [5.74, 6) is 0.205. The molecule has 0 amide bonds. The number of rotatable bonds is 4. The molecule has 3 rings (SSSR count). The van der Waals surface area contributed by atoms with Gasteiger partial charge in [0.25, 0.3) is 0 Å². The van der Waals surface area contributed by atoms with Crippen molar-refractivity contribution in [1.29, 1.82) is 0 Å². The number of hydrogen-bond acceptors (Lipinski definition) is 4. The predicted octanol–water partition coefficient (Wildman–Crippen LogP) is 5.37. The maximum absolute atomic E-state index is 11.3. The van der Waals surface area contributed by atoms with E-state index in [0.29, 0.717) is 16.9 Å². The van der Waals surface area contributed by atoms with Gasteiger partial charge in [0.1, 0.15) is 12.2 Å². The van der Waals surface area contributed by atoms with Gasteiger partial charge in [-0.3, -0.25) is 0 Å². The molecule has 2 bridgehead atoms. The molecule has 0 radical (unpaired) electrons. The van der Waals surface area contributed by atoms with Crippen LogP contribution in [0.2, 0.25) is 0 Å². The second kappa shape index (κ2) is 8.62.